The van der Waals surface area contributed by atoms with E-state index in [2.05, 4.69) is 5.32 Å². The molecule has 1 aromatic rings. The third kappa shape index (κ3) is 4.85. The van der Waals surface area contributed by atoms with E-state index in [4.69, 9.17) is 0 Å². The lowest BCUT2D eigenvalue weighted by molar-refractivity contribution is -0.141. The van der Waals surface area contributed by atoms with Crippen LogP contribution in [-0.2, 0) is 11.0 Å². The van der Waals surface area contributed by atoms with Crippen molar-refractivity contribution in [3.05, 3.63) is 35.4 Å². The summed E-state index contributed by atoms with van der Waals surface area (Å²) >= 11 is 0. The summed E-state index contributed by atoms with van der Waals surface area (Å²) in [7, 11) is 1.75. The van der Waals surface area contributed by atoms with Crippen LogP contribution in [0.25, 0.3) is 0 Å². The van der Waals surface area contributed by atoms with E-state index in [-0.39, 0.29) is 23.9 Å². The van der Waals surface area contributed by atoms with Gasteiger partial charge in [-0.25, -0.2) is 0 Å². The second-order valence-electron chi connectivity index (χ2n) is 5.54. The minimum atomic E-state index is -4.40. The lowest BCUT2D eigenvalue weighted by atomic mass is 9.91. The highest BCUT2D eigenvalue weighted by atomic mass is 35.5. The van der Waals surface area contributed by atoms with Gasteiger partial charge in [-0.2, -0.15) is 13.2 Å². The van der Waals surface area contributed by atoms with E-state index < -0.39 is 17.8 Å². The highest BCUT2D eigenvalue weighted by Crippen LogP contribution is 2.39. The van der Waals surface area contributed by atoms with Crippen LogP contribution in [-0.4, -0.2) is 30.9 Å². The van der Waals surface area contributed by atoms with Gasteiger partial charge in [0.2, 0.25) is 5.91 Å². The molecule has 1 atom stereocenters. The van der Waals surface area contributed by atoms with Crippen LogP contribution >= 0.6 is 12.4 Å². The van der Waals surface area contributed by atoms with E-state index in [0.29, 0.717) is 25.9 Å². The fourth-order valence-corrected chi connectivity index (χ4v) is 2.97. The number of nitrogens with zero attached hydrogens (tertiary/aromatic N) is 1. The van der Waals surface area contributed by atoms with Gasteiger partial charge < -0.3 is 10.2 Å². The molecule has 0 aliphatic carbocycles. The van der Waals surface area contributed by atoms with Crippen molar-refractivity contribution in [1.82, 2.24) is 10.2 Å². The molecule has 1 amide bonds. The van der Waals surface area contributed by atoms with Crippen molar-refractivity contribution in [2.75, 3.05) is 20.1 Å². The van der Waals surface area contributed by atoms with E-state index in [9.17, 15) is 18.0 Å². The third-order valence-corrected chi connectivity index (χ3v) is 4.04. The van der Waals surface area contributed by atoms with Crippen LogP contribution in [0.3, 0.4) is 0 Å². The molecule has 3 nitrogen and oxygen atoms in total. The fraction of sp³-hybridized carbons (Fsp3) is 0.562. The Labute approximate surface area is 140 Å². The topological polar surface area (TPSA) is 32.3 Å². The first-order valence-corrected chi connectivity index (χ1v) is 7.55. The van der Waals surface area contributed by atoms with Gasteiger partial charge in [-0.05, 0) is 37.9 Å². The van der Waals surface area contributed by atoms with Crippen LogP contribution in [0.2, 0.25) is 0 Å². The van der Waals surface area contributed by atoms with Crippen molar-refractivity contribution >= 4 is 18.3 Å². The molecule has 2 rings (SSSR count). The summed E-state index contributed by atoms with van der Waals surface area (Å²) in [5.74, 6) is -0.0870. The number of rotatable bonds is 4. The second-order valence-corrected chi connectivity index (χ2v) is 5.54. The van der Waals surface area contributed by atoms with Gasteiger partial charge in [0.05, 0.1) is 11.6 Å². The number of hydrogen-bond acceptors (Lipinski definition) is 2. The first-order chi connectivity index (χ1) is 10.4. The molecule has 1 N–H and O–H groups in total. The molecule has 1 unspecified atom stereocenters. The lowest BCUT2D eigenvalue weighted by Gasteiger charge is -2.37. The Morgan fingerprint density at radius 2 is 2.00 bits per heavy atom. The van der Waals surface area contributed by atoms with E-state index in [1.165, 1.54) is 12.1 Å². The number of halogens is 4. The number of amides is 1. The summed E-state index contributed by atoms with van der Waals surface area (Å²) in [5.41, 5.74) is -0.416. The van der Waals surface area contributed by atoms with E-state index in [1.807, 2.05) is 0 Å². The molecular formula is C16H22ClF3N2O. The molecule has 0 saturated carbocycles. The molecule has 130 valence electrons. The average molecular weight is 351 g/mol. The van der Waals surface area contributed by atoms with Gasteiger partial charge in [-0.3, -0.25) is 4.79 Å². The number of piperidine rings is 1. The predicted molar refractivity (Wildman–Crippen MR) is 85.5 cm³/mol. The number of nitrogens with one attached hydrogen (secondary N) is 1. The Hall–Kier alpha value is -1.27. The number of likely N-dealkylation sites (tertiary alicyclic amines) is 1. The molecule has 0 aromatic heterocycles. The van der Waals surface area contributed by atoms with Crippen molar-refractivity contribution in [1.29, 1.82) is 0 Å². The minimum absolute atomic E-state index is 0. The quantitative estimate of drug-likeness (QED) is 0.896. The van der Waals surface area contributed by atoms with Crippen LogP contribution in [0, 0.1) is 0 Å². The molecule has 0 bridgehead atoms. The summed E-state index contributed by atoms with van der Waals surface area (Å²) in [6.45, 7) is 1.06. The maximum atomic E-state index is 13.2. The zero-order chi connectivity index (χ0) is 16.2. The molecule has 23 heavy (non-hydrogen) atoms. The van der Waals surface area contributed by atoms with Crippen LogP contribution in [0.15, 0.2) is 24.3 Å². The van der Waals surface area contributed by atoms with Gasteiger partial charge in [0.25, 0.3) is 0 Å². The van der Waals surface area contributed by atoms with Gasteiger partial charge >= 0.3 is 6.18 Å². The predicted octanol–water partition coefficient (Wildman–Crippen LogP) is 3.79. The van der Waals surface area contributed by atoms with Crippen molar-refractivity contribution in [3.8, 4) is 0 Å². The molecule has 7 heteroatoms. The fourth-order valence-electron chi connectivity index (χ4n) is 2.97. The standard InChI is InChI=1S/C16H21F3N2O.ClH/c1-20-10-9-15(22)21-11-5-4-8-14(21)12-6-2-3-7-13(12)16(17,18)19;/h2-3,6-7,14,20H,4-5,8-11H2,1H3;1H. The van der Waals surface area contributed by atoms with E-state index in [1.54, 1.807) is 18.0 Å². The van der Waals surface area contributed by atoms with E-state index in [0.717, 1.165) is 18.9 Å². The molecule has 1 aliphatic rings. The molecule has 1 fully saturated rings. The monoisotopic (exact) mass is 350 g/mol. The first kappa shape index (κ1) is 19.8. The number of carbonyl (C=O) groups is 1. The normalized spacial score (nSPS) is 18.4. The van der Waals surface area contributed by atoms with Crippen LogP contribution in [0.1, 0.15) is 42.9 Å². The van der Waals surface area contributed by atoms with Gasteiger partial charge in [-0.15, -0.1) is 12.4 Å². The molecular weight excluding hydrogens is 329 g/mol. The zero-order valence-corrected chi connectivity index (χ0v) is 13.8. The molecule has 1 aliphatic heterocycles. The molecule has 1 aromatic carbocycles. The molecule has 0 spiro atoms. The van der Waals surface area contributed by atoms with Crippen LogP contribution in [0.4, 0.5) is 13.2 Å². The lowest BCUT2D eigenvalue weighted by Crippen LogP contribution is -2.40. The number of benzene rings is 1. The Morgan fingerprint density at radius 3 is 2.65 bits per heavy atom. The average Bonchev–Trinajstić information content (AvgIpc) is 2.52. The number of alkyl halides is 3. The highest BCUT2D eigenvalue weighted by molar-refractivity contribution is 5.85. The Kier molecular flexibility index (Phi) is 7.35. The summed E-state index contributed by atoms with van der Waals surface area (Å²) in [5, 5.41) is 2.90. The Balaban J connectivity index is 0.00000264. The van der Waals surface area contributed by atoms with Gasteiger partial charge in [0.15, 0.2) is 0 Å². The maximum absolute atomic E-state index is 13.2. The number of hydrogen-bond donors (Lipinski definition) is 1. The molecule has 0 radical (unpaired) electrons. The third-order valence-electron chi connectivity index (χ3n) is 4.04. The van der Waals surface area contributed by atoms with Crippen molar-refractivity contribution < 1.29 is 18.0 Å². The summed E-state index contributed by atoms with van der Waals surface area (Å²) in [6, 6.07) is 5.12. The largest absolute Gasteiger partial charge is 0.416 e. The summed E-state index contributed by atoms with van der Waals surface area (Å²) in [6.07, 6.45) is -1.82. The zero-order valence-electron chi connectivity index (χ0n) is 13.0. The minimum Gasteiger partial charge on any atom is -0.336 e. The first-order valence-electron chi connectivity index (χ1n) is 7.55. The Morgan fingerprint density at radius 1 is 1.30 bits per heavy atom. The van der Waals surface area contributed by atoms with Gasteiger partial charge in [0.1, 0.15) is 0 Å². The van der Waals surface area contributed by atoms with Crippen LogP contribution in [0.5, 0.6) is 0 Å². The Bertz CT molecular complexity index is 522. The number of carbonyl (C=O) groups excluding carboxylic acids is 1. The van der Waals surface area contributed by atoms with Crippen molar-refractivity contribution in [3.63, 3.8) is 0 Å². The molecule has 1 heterocycles. The van der Waals surface area contributed by atoms with Gasteiger partial charge in [0, 0.05) is 19.5 Å². The van der Waals surface area contributed by atoms with Crippen LogP contribution < -0.4 is 5.32 Å². The van der Waals surface area contributed by atoms with E-state index >= 15 is 0 Å². The van der Waals surface area contributed by atoms with Gasteiger partial charge in [-0.1, -0.05) is 18.2 Å². The van der Waals surface area contributed by atoms with Crippen molar-refractivity contribution in [2.24, 2.45) is 0 Å². The SMILES string of the molecule is CNCCC(=O)N1CCCCC1c1ccccc1C(F)(F)F.Cl. The summed E-state index contributed by atoms with van der Waals surface area (Å²) in [4.78, 5) is 13.9. The smallest absolute Gasteiger partial charge is 0.336 e. The second kappa shape index (κ2) is 8.55. The highest BCUT2D eigenvalue weighted by Gasteiger charge is 2.37. The maximum Gasteiger partial charge on any atom is 0.416 e. The summed E-state index contributed by atoms with van der Waals surface area (Å²) < 4.78 is 39.7. The van der Waals surface area contributed by atoms with Crippen molar-refractivity contribution in [2.45, 2.75) is 37.9 Å². The molecule has 1 saturated heterocycles.